The summed E-state index contributed by atoms with van der Waals surface area (Å²) in [5.74, 6) is 6.34. The van der Waals surface area contributed by atoms with E-state index < -0.39 is 0 Å². The van der Waals surface area contributed by atoms with Gasteiger partial charge in [0.2, 0.25) is 0 Å². The molecule has 2 rings (SSSR count). The van der Waals surface area contributed by atoms with Crippen molar-refractivity contribution < 1.29 is 9.64 Å². The van der Waals surface area contributed by atoms with Crippen molar-refractivity contribution in [2.75, 3.05) is 26.2 Å². The number of aromatic nitrogens is 1. The maximum absolute atomic E-state index is 5.88. The van der Waals surface area contributed by atoms with E-state index in [0.29, 0.717) is 6.61 Å². The molecule has 0 radical (unpaired) electrons. The molecule has 1 N–H and O–H groups in total. The van der Waals surface area contributed by atoms with Crippen LogP contribution in [0.4, 0.5) is 0 Å². The number of benzene rings is 1. The molecular weight excluding hydrogens is 284 g/mol. The van der Waals surface area contributed by atoms with Crippen LogP contribution in [0.5, 0.6) is 0 Å². The molecular formula is C20H27N2O+. The fraction of sp³-hybridized carbons (Fsp3) is 0.400. The topological polar surface area (TPSA) is 18.6 Å². The third-order valence-electron chi connectivity index (χ3n) is 4.10. The van der Waals surface area contributed by atoms with Gasteiger partial charge in [0.05, 0.1) is 18.8 Å². The van der Waals surface area contributed by atoms with Gasteiger partial charge < -0.3 is 14.2 Å². The second kappa shape index (κ2) is 9.19. The highest BCUT2D eigenvalue weighted by molar-refractivity contribution is 5.59. The Morgan fingerprint density at radius 3 is 2.48 bits per heavy atom. The van der Waals surface area contributed by atoms with Gasteiger partial charge >= 0.3 is 0 Å². The summed E-state index contributed by atoms with van der Waals surface area (Å²) in [4.78, 5) is 1.50. The van der Waals surface area contributed by atoms with Crippen molar-refractivity contribution in [2.24, 2.45) is 0 Å². The van der Waals surface area contributed by atoms with Crippen LogP contribution in [0.25, 0.3) is 11.3 Å². The summed E-state index contributed by atoms with van der Waals surface area (Å²) in [5, 5.41) is 0. The smallest absolute Gasteiger partial charge is 0.139 e. The van der Waals surface area contributed by atoms with Crippen LogP contribution >= 0.6 is 0 Å². The Hall–Kier alpha value is -2.02. The van der Waals surface area contributed by atoms with Gasteiger partial charge in [0.15, 0.2) is 0 Å². The molecule has 0 unspecified atom stereocenters. The highest BCUT2D eigenvalue weighted by Crippen LogP contribution is 2.23. The maximum atomic E-state index is 5.88. The molecule has 0 saturated heterocycles. The first kappa shape index (κ1) is 17.3. The Balaban J connectivity index is 1.91. The Bertz CT molecular complexity index is 632. The fourth-order valence-corrected chi connectivity index (χ4v) is 2.55. The maximum Gasteiger partial charge on any atom is 0.139 e. The summed E-state index contributed by atoms with van der Waals surface area (Å²) in [5.41, 5.74) is 2.36. The molecule has 1 aromatic carbocycles. The minimum Gasteiger partial charge on any atom is -0.346 e. The van der Waals surface area contributed by atoms with E-state index in [-0.39, 0.29) is 6.23 Å². The first-order valence-corrected chi connectivity index (χ1v) is 8.39. The average molecular weight is 311 g/mol. The molecule has 0 aliphatic heterocycles. The first-order valence-electron chi connectivity index (χ1n) is 8.39. The molecule has 0 saturated carbocycles. The molecule has 2 aromatic rings. The van der Waals surface area contributed by atoms with Crippen LogP contribution in [0.3, 0.4) is 0 Å². The van der Waals surface area contributed by atoms with E-state index in [1.807, 2.05) is 6.07 Å². The molecule has 23 heavy (non-hydrogen) atoms. The van der Waals surface area contributed by atoms with Crippen molar-refractivity contribution in [3.8, 4) is 23.1 Å². The van der Waals surface area contributed by atoms with Crippen LogP contribution in [-0.4, -0.2) is 30.8 Å². The molecule has 0 aliphatic carbocycles. The number of ether oxygens (including phenoxy) is 1. The first-order chi connectivity index (χ1) is 11.3. The summed E-state index contributed by atoms with van der Waals surface area (Å²) in [6.45, 7) is 10.0. The largest absolute Gasteiger partial charge is 0.346 e. The zero-order valence-corrected chi connectivity index (χ0v) is 14.4. The molecule has 3 nitrogen and oxygen atoms in total. The minimum atomic E-state index is -0.0321. The second-order valence-electron chi connectivity index (χ2n) is 5.56. The number of quaternary nitrogens is 1. The molecule has 0 fully saturated rings. The molecule has 3 heteroatoms. The molecule has 1 atom stereocenters. The number of hydrogen-bond donors (Lipinski definition) is 1. The van der Waals surface area contributed by atoms with Gasteiger partial charge in [-0.3, -0.25) is 0 Å². The zero-order valence-electron chi connectivity index (χ0n) is 14.4. The minimum absolute atomic E-state index is 0.0321. The van der Waals surface area contributed by atoms with Gasteiger partial charge in [-0.15, -0.1) is 0 Å². The van der Waals surface area contributed by atoms with Gasteiger partial charge in [-0.2, -0.15) is 0 Å². The lowest BCUT2D eigenvalue weighted by Crippen LogP contribution is -3.11. The summed E-state index contributed by atoms with van der Waals surface area (Å²) >= 11 is 0. The Labute approximate surface area is 139 Å². The number of hydrogen-bond acceptors (Lipinski definition) is 1. The van der Waals surface area contributed by atoms with E-state index >= 15 is 0 Å². The third-order valence-corrected chi connectivity index (χ3v) is 4.10. The lowest BCUT2D eigenvalue weighted by atomic mass is 10.1. The average Bonchev–Trinajstić information content (AvgIpc) is 3.08. The molecule has 1 aromatic heterocycles. The lowest BCUT2D eigenvalue weighted by molar-refractivity contribution is -0.889. The fourth-order valence-electron chi connectivity index (χ4n) is 2.55. The van der Waals surface area contributed by atoms with E-state index in [9.17, 15) is 0 Å². The second-order valence-corrected chi connectivity index (χ2v) is 5.56. The number of nitrogens with zero attached hydrogens (tertiary/aromatic N) is 1. The molecule has 1 heterocycles. The van der Waals surface area contributed by atoms with E-state index in [1.165, 1.54) is 16.2 Å². The van der Waals surface area contributed by atoms with Crippen molar-refractivity contribution in [2.45, 2.75) is 27.0 Å². The van der Waals surface area contributed by atoms with Crippen LogP contribution in [-0.2, 0) is 4.74 Å². The van der Waals surface area contributed by atoms with Crippen LogP contribution < -0.4 is 4.90 Å². The number of nitrogens with one attached hydrogen (secondary N) is 1. The highest BCUT2D eigenvalue weighted by Gasteiger charge is 2.09. The Morgan fingerprint density at radius 2 is 1.78 bits per heavy atom. The van der Waals surface area contributed by atoms with Crippen molar-refractivity contribution in [1.29, 1.82) is 0 Å². The standard InChI is InChI=1S/C20H26N2O/c1-4-21(5-2)15-9-10-17-23-18(3)22-16-11-14-20(22)19-12-7-6-8-13-19/h6-8,11-14,16,18H,4-5,15,17H2,1-3H3/p+1/t18-/m0/s1. The molecule has 0 amide bonds. The third kappa shape index (κ3) is 4.99. The Kier molecular flexibility index (Phi) is 6.93. The van der Waals surface area contributed by atoms with Crippen LogP contribution in [0.15, 0.2) is 48.7 Å². The van der Waals surface area contributed by atoms with Crippen LogP contribution in [0.1, 0.15) is 27.0 Å². The summed E-state index contributed by atoms with van der Waals surface area (Å²) in [6, 6.07) is 14.5. The van der Waals surface area contributed by atoms with Crippen molar-refractivity contribution in [3.05, 3.63) is 48.7 Å². The molecule has 0 bridgehead atoms. The molecule has 0 aliphatic rings. The SMILES string of the molecule is CC[NH+](CC)CC#CCO[C@@H](C)n1cccc1-c1ccccc1. The van der Waals surface area contributed by atoms with Crippen LogP contribution in [0.2, 0.25) is 0 Å². The molecule has 0 spiro atoms. The zero-order chi connectivity index (χ0) is 16.5. The van der Waals surface area contributed by atoms with Gasteiger partial charge in [0.25, 0.3) is 0 Å². The van der Waals surface area contributed by atoms with Crippen molar-refractivity contribution in [1.82, 2.24) is 4.57 Å². The number of rotatable bonds is 7. The molecule has 122 valence electrons. The quantitative estimate of drug-likeness (QED) is 0.779. The Morgan fingerprint density at radius 1 is 1.04 bits per heavy atom. The van der Waals surface area contributed by atoms with Gasteiger partial charge in [-0.05, 0) is 44.4 Å². The monoisotopic (exact) mass is 311 g/mol. The van der Waals surface area contributed by atoms with E-state index in [4.69, 9.17) is 4.74 Å². The van der Waals surface area contributed by atoms with Gasteiger partial charge in [0, 0.05) is 6.20 Å². The predicted molar refractivity (Wildman–Crippen MR) is 95.2 cm³/mol. The summed E-state index contributed by atoms with van der Waals surface area (Å²) in [6.07, 6.45) is 2.02. The van der Waals surface area contributed by atoms with Crippen molar-refractivity contribution >= 4 is 0 Å². The summed E-state index contributed by atoms with van der Waals surface area (Å²) < 4.78 is 8.02. The van der Waals surface area contributed by atoms with Crippen LogP contribution in [0, 0.1) is 11.8 Å². The van der Waals surface area contributed by atoms with Gasteiger partial charge in [0.1, 0.15) is 19.4 Å². The van der Waals surface area contributed by atoms with Gasteiger partial charge in [-0.1, -0.05) is 36.3 Å². The normalized spacial score (nSPS) is 12.0. The summed E-state index contributed by atoms with van der Waals surface area (Å²) in [7, 11) is 0. The van der Waals surface area contributed by atoms with E-state index in [2.05, 4.69) is 79.8 Å². The van der Waals surface area contributed by atoms with Crippen molar-refractivity contribution in [3.63, 3.8) is 0 Å². The van der Waals surface area contributed by atoms with Gasteiger partial charge in [-0.25, -0.2) is 0 Å². The van der Waals surface area contributed by atoms with E-state index in [1.54, 1.807) is 0 Å². The highest BCUT2D eigenvalue weighted by atomic mass is 16.5. The van der Waals surface area contributed by atoms with E-state index in [0.717, 1.165) is 19.6 Å². The lowest BCUT2D eigenvalue weighted by Gasteiger charge is -2.17. The predicted octanol–water partition coefficient (Wildman–Crippen LogP) is 2.62.